The Balaban J connectivity index is 3.50. The smallest absolute Gasteiger partial charge is 0.148 e. The van der Waals surface area contributed by atoms with Gasteiger partial charge in [-0.2, -0.15) is 0 Å². The zero-order valence-corrected chi connectivity index (χ0v) is 9.97. The second-order valence-corrected chi connectivity index (χ2v) is 6.12. The van der Waals surface area contributed by atoms with Crippen molar-refractivity contribution in [3.63, 3.8) is 0 Å². The van der Waals surface area contributed by atoms with Crippen LogP contribution in [0.4, 0.5) is 0 Å². The minimum atomic E-state index is -2.89. The van der Waals surface area contributed by atoms with Gasteiger partial charge in [-0.05, 0) is 33.2 Å². The molecule has 0 aromatic heterocycles. The zero-order valence-electron chi connectivity index (χ0n) is 9.16. The molecule has 0 heterocycles. The first-order chi connectivity index (χ1) is 6.31. The van der Waals surface area contributed by atoms with Crippen molar-refractivity contribution >= 4 is 9.84 Å². The van der Waals surface area contributed by atoms with Crippen LogP contribution in [-0.4, -0.2) is 44.2 Å². The molecule has 14 heavy (non-hydrogen) atoms. The van der Waals surface area contributed by atoms with Gasteiger partial charge >= 0.3 is 0 Å². The van der Waals surface area contributed by atoms with Crippen molar-refractivity contribution in [2.75, 3.05) is 18.6 Å². The van der Waals surface area contributed by atoms with E-state index in [0.29, 0.717) is 0 Å². The van der Waals surface area contributed by atoms with E-state index in [1.54, 1.807) is 6.92 Å². The maximum absolute atomic E-state index is 10.9. The maximum atomic E-state index is 10.9. The van der Waals surface area contributed by atoms with Crippen LogP contribution in [0.1, 0.15) is 26.7 Å². The Labute approximate surface area is 86.6 Å². The summed E-state index contributed by atoms with van der Waals surface area (Å²) >= 11 is 0. The third kappa shape index (κ3) is 9.95. The summed E-state index contributed by atoms with van der Waals surface area (Å²) in [5, 5.41) is 12.1. The Hall–Kier alpha value is -0.130. The van der Waals surface area contributed by atoms with Crippen molar-refractivity contribution in [1.29, 1.82) is 0 Å². The molecule has 2 N–H and O–H groups in total. The average molecular weight is 223 g/mol. The molecule has 0 radical (unpaired) electrons. The fourth-order valence-electron chi connectivity index (χ4n) is 1.26. The topological polar surface area (TPSA) is 66.4 Å². The van der Waals surface area contributed by atoms with Crippen LogP contribution in [0.2, 0.25) is 0 Å². The summed E-state index contributed by atoms with van der Waals surface area (Å²) in [5.41, 5.74) is 0. The standard InChI is InChI=1S/C9H21NO3S/c1-8(7-14(3,12)13)10-6-4-5-9(2)11/h8-11H,4-7H2,1-3H3. The molecular formula is C9H21NO3S. The molecule has 4 nitrogen and oxygen atoms in total. The van der Waals surface area contributed by atoms with Crippen LogP contribution in [0, 0.1) is 0 Å². The predicted octanol–water partition coefficient (Wildman–Crippen LogP) is 0.170. The molecule has 0 fully saturated rings. The van der Waals surface area contributed by atoms with E-state index < -0.39 is 9.84 Å². The molecule has 0 spiro atoms. The number of aliphatic hydroxyl groups is 1. The molecule has 86 valence electrons. The fraction of sp³-hybridized carbons (Fsp3) is 1.00. The molecule has 2 unspecified atom stereocenters. The van der Waals surface area contributed by atoms with Crippen LogP contribution in [0.3, 0.4) is 0 Å². The van der Waals surface area contributed by atoms with Gasteiger partial charge in [0.25, 0.3) is 0 Å². The minimum absolute atomic E-state index is 0.0148. The van der Waals surface area contributed by atoms with Crippen LogP contribution in [0.15, 0.2) is 0 Å². The molecule has 2 atom stereocenters. The van der Waals surface area contributed by atoms with Gasteiger partial charge in [-0.1, -0.05) is 0 Å². The summed E-state index contributed by atoms with van der Waals surface area (Å²) in [5.74, 6) is 0.168. The molecule has 0 aromatic rings. The maximum Gasteiger partial charge on any atom is 0.148 e. The van der Waals surface area contributed by atoms with Gasteiger partial charge in [0.05, 0.1) is 11.9 Å². The van der Waals surface area contributed by atoms with Gasteiger partial charge in [0.2, 0.25) is 0 Å². The Morgan fingerprint density at radius 2 is 1.93 bits per heavy atom. The van der Waals surface area contributed by atoms with Crippen LogP contribution < -0.4 is 5.32 Å². The highest BCUT2D eigenvalue weighted by Gasteiger charge is 2.09. The molecule has 0 rings (SSSR count). The summed E-state index contributed by atoms with van der Waals surface area (Å²) in [7, 11) is -2.89. The summed E-state index contributed by atoms with van der Waals surface area (Å²) < 4.78 is 21.8. The Morgan fingerprint density at radius 1 is 1.36 bits per heavy atom. The van der Waals surface area contributed by atoms with Gasteiger partial charge in [0.15, 0.2) is 0 Å². The third-order valence-electron chi connectivity index (χ3n) is 1.84. The summed E-state index contributed by atoms with van der Waals surface area (Å²) in [6.07, 6.45) is 2.58. The second kappa shape index (κ2) is 6.37. The van der Waals surface area contributed by atoms with E-state index in [0.717, 1.165) is 19.4 Å². The van der Waals surface area contributed by atoms with Gasteiger partial charge in [0, 0.05) is 12.3 Å². The average Bonchev–Trinajstić information content (AvgIpc) is 1.94. The van der Waals surface area contributed by atoms with Crippen molar-refractivity contribution in [1.82, 2.24) is 5.32 Å². The van der Waals surface area contributed by atoms with E-state index in [9.17, 15) is 8.42 Å². The molecule has 0 aliphatic rings. The normalized spacial score (nSPS) is 16.6. The predicted molar refractivity (Wildman–Crippen MR) is 58.1 cm³/mol. The van der Waals surface area contributed by atoms with Crippen LogP contribution in [-0.2, 0) is 9.84 Å². The van der Waals surface area contributed by atoms with E-state index in [1.807, 2.05) is 6.92 Å². The molecule has 0 amide bonds. The number of nitrogens with one attached hydrogen (secondary N) is 1. The first-order valence-corrected chi connectivity index (χ1v) is 6.96. The lowest BCUT2D eigenvalue weighted by Crippen LogP contribution is -2.33. The van der Waals surface area contributed by atoms with E-state index in [-0.39, 0.29) is 17.9 Å². The number of hydrogen-bond donors (Lipinski definition) is 2. The molecule has 5 heteroatoms. The second-order valence-electron chi connectivity index (χ2n) is 3.94. The summed E-state index contributed by atoms with van der Waals surface area (Å²) in [6.45, 7) is 4.35. The van der Waals surface area contributed by atoms with Crippen molar-refractivity contribution in [2.24, 2.45) is 0 Å². The van der Waals surface area contributed by atoms with Crippen molar-refractivity contribution in [3.8, 4) is 0 Å². The van der Waals surface area contributed by atoms with Crippen LogP contribution >= 0.6 is 0 Å². The van der Waals surface area contributed by atoms with Gasteiger partial charge in [-0.25, -0.2) is 8.42 Å². The molecule has 0 aromatic carbocycles. The van der Waals surface area contributed by atoms with Gasteiger partial charge in [-0.15, -0.1) is 0 Å². The lowest BCUT2D eigenvalue weighted by atomic mass is 10.2. The lowest BCUT2D eigenvalue weighted by molar-refractivity contribution is 0.181. The van der Waals surface area contributed by atoms with Crippen molar-refractivity contribution < 1.29 is 13.5 Å². The SMILES string of the molecule is CC(O)CCCNC(C)CS(C)(=O)=O. The number of hydrogen-bond acceptors (Lipinski definition) is 4. The monoisotopic (exact) mass is 223 g/mol. The molecule has 0 saturated carbocycles. The summed E-state index contributed by atoms with van der Waals surface area (Å²) in [4.78, 5) is 0. The van der Waals surface area contributed by atoms with Gasteiger partial charge in [-0.3, -0.25) is 0 Å². The Morgan fingerprint density at radius 3 is 2.36 bits per heavy atom. The molecule has 0 bridgehead atoms. The third-order valence-corrected chi connectivity index (χ3v) is 2.95. The molecule has 0 aliphatic carbocycles. The van der Waals surface area contributed by atoms with E-state index in [4.69, 9.17) is 5.11 Å². The molecule has 0 aliphatic heterocycles. The highest BCUT2D eigenvalue weighted by Crippen LogP contribution is 1.95. The van der Waals surface area contributed by atoms with E-state index in [1.165, 1.54) is 6.26 Å². The van der Waals surface area contributed by atoms with E-state index >= 15 is 0 Å². The molecular weight excluding hydrogens is 202 g/mol. The highest BCUT2D eigenvalue weighted by atomic mass is 32.2. The van der Waals surface area contributed by atoms with E-state index in [2.05, 4.69) is 5.32 Å². The number of rotatable bonds is 7. The first-order valence-electron chi connectivity index (χ1n) is 4.90. The highest BCUT2D eigenvalue weighted by molar-refractivity contribution is 7.90. The Kier molecular flexibility index (Phi) is 6.31. The summed E-state index contributed by atoms with van der Waals surface area (Å²) in [6, 6.07) is -0.0148. The quantitative estimate of drug-likeness (QED) is 0.604. The number of aliphatic hydroxyl groups excluding tert-OH is 1. The lowest BCUT2D eigenvalue weighted by Gasteiger charge is -2.12. The van der Waals surface area contributed by atoms with Gasteiger partial charge < -0.3 is 10.4 Å². The molecule has 0 saturated heterocycles. The first kappa shape index (κ1) is 13.9. The minimum Gasteiger partial charge on any atom is -0.393 e. The fourth-order valence-corrected chi connectivity index (χ4v) is 2.29. The van der Waals surface area contributed by atoms with Crippen molar-refractivity contribution in [2.45, 2.75) is 38.8 Å². The Bertz CT molecular complexity index is 236. The van der Waals surface area contributed by atoms with Gasteiger partial charge in [0.1, 0.15) is 9.84 Å². The zero-order chi connectivity index (χ0) is 11.2. The van der Waals surface area contributed by atoms with Crippen LogP contribution in [0.5, 0.6) is 0 Å². The largest absolute Gasteiger partial charge is 0.393 e. The number of sulfone groups is 1. The van der Waals surface area contributed by atoms with Crippen LogP contribution in [0.25, 0.3) is 0 Å². The van der Waals surface area contributed by atoms with Crippen molar-refractivity contribution in [3.05, 3.63) is 0 Å².